The van der Waals surface area contributed by atoms with Crippen LogP contribution in [0.25, 0.3) is 61.3 Å². The standard InChI is InChI=1S/C38H32N2O/c1-25(2)20-27-18-19-36-32(23-27)33(24-41-36)38-39-34-16-10-11-17-35(34)40(38)37-30(28-12-6-4-7-13-28)21-26(3)22-31(37)29-14-8-5-9-15-29/h4-19,21-25H,20H2,1-3H3. The highest BCUT2D eigenvalue weighted by Gasteiger charge is 2.24. The van der Waals surface area contributed by atoms with E-state index < -0.39 is 0 Å². The highest BCUT2D eigenvalue weighted by molar-refractivity contribution is 5.98. The van der Waals surface area contributed by atoms with Crippen LogP contribution in [0, 0.1) is 12.8 Å². The van der Waals surface area contributed by atoms with Crippen molar-refractivity contribution in [2.75, 3.05) is 0 Å². The second kappa shape index (κ2) is 10.3. The number of para-hydroxylation sites is 2. The third-order valence-corrected chi connectivity index (χ3v) is 7.73. The molecule has 3 nitrogen and oxygen atoms in total. The maximum Gasteiger partial charge on any atom is 0.149 e. The molecule has 0 radical (unpaired) electrons. The molecule has 0 aliphatic heterocycles. The van der Waals surface area contributed by atoms with Gasteiger partial charge in [-0.15, -0.1) is 0 Å². The number of imidazole rings is 1. The number of aromatic nitrogens is 2. The molecular formula is C38H32N2O. The summed E-state index contributed by atoms with van der Waals surface area (Å²) in [5, 5.41) is 1.09. The average molecular weight is 533 g/mol. The first-order valence-corrected chi connectivity index (χ1v) is 14.3. The van der Waals surface area contributed by atoms with E-state index in [2.05, 4.69) is 141 Å². The molecule has 7 aromatic rings. The minimum absolute atomic E-state index is 0.571. The Morgan fingerprint density at radius 2 is 1.34 bits per heavy atom. The SMILES string of the molecule is Cc1cc(-c2ccccc2)c(-n2c(-c3coc4ccc(CC(C)C)cc34)nc3ccccc32)c(-c2ccccc2)c1. The van der Waals surface area contributed by atoms with Crippen LogP contribution in [0.1, 0.15) is 25.0 Å². The zero-order chi connectivity index (χ0) is 27.9. The van der Waals surface area contributed by atoms with E-state index in [1.165, 1.54) is 33.4 Å². The van der Waals surface area contributed by atoms with Crippen molar-refractivity contribution >= 4 is 22.0 Å². The first-order valence-electron chi connectivity index (χ1n) is 14.3. The Bertz CT molecular complexity index is 1930. The number of furan rings is 1. The number of hydrogen-bond donors (Lipinski definition) is 0. The fourth-order valence-electron chi connectivity index (χ4n) is 5.98. The van der Waals surface area contributed by atoms with Gasteiger partial charge in [0.1, 0.15) is 17.7 Å². The van der Waals surface area contributed by atoms with E-state index in [1.54, 1.807) is 0 Å². The van der Waals surface area contributed by atoms with E-state index in [0.29, 0.717) is 5.92 Å². The molecule has 0 saturated heterocycles. The molecule has 3 heteroatoms. The number of aryl methyl sites for hydroxylation is 1. The Kier molecular flexibility index (Phi) is 6.28. The lowest BCUT2D eigenvalue weighted by molar-refractivity contribution is 0.615. The average Bonchev–Trinajstić information content (AvgIpc) is 3.58. The second-order valence-corrected chi connectivity index (χ2v) is 11.3. The van der Waals surface area contributed by atoms with E-state index >= 15 is 0 Å². The molecule has 0 bridgehead atoms. The maximum absolute atomic E-state index is 6.15. The van der Waals surface area contributed by atoms with Crippen LogP contribution in [0.2, 0.25) is 0 Å². The van der Waals surface area contributed by atoms with Gasteiger partial charge in [0.05, 0.1) is 22.3 Å². The molecule has 2 aromatic heterocycles. The third-order valence-electron chi connectivity index (χ3n) is 7.73. The molecule has 200 valence electrons. The van der Waals surface area contributed by atoms with Crippen LogP contribution < -0.4 is 0 Å². The van der Waals surface area contributed by atoms with Gasteiger partial charge in [0.25, 0.3) is 0 Å². The number of hydrogen-bond acceptors (Lipinski definition) is 2. The van der Waals surface area contributed by atoms with Gasteiger partial charge in [-0.3, -0.25) is 4.57 Å². The fraction of sp³-hybridized carbons (Fsp3) is 0.132. The molecule has 0 amide bonds. The Labute approximate surface area is 240 Å². The Balaban J connectivity index is 1.60. The quantitative estimate of drug-likeness (QED) is 0.213. The third kappa shape index (κ3) is 4.54. The molecule has 0 aliphatic rings. The van der Waals surface area contributed by atoms with Crippen LogP contribution in [0.3, 0.4) is 0 Å². The van der Waals surface area contributed by atoms with Gasteiger partial charge in [0.2, 0.25) is 0 Å². The summed E-state index contributed by atoms with van der Waals surface area (Å²) in [5.41, 5.74) is 12.2. The summed E-state index contributed by atoms with van der Waals surface area (Å²) in [6.45, 7) is 6.69. The zero-order valence-electron chi connectivity index (χ0n) is 23.6. The smallest absolute Gasteiger partial charge is 0.149 e. The highest BCUT2D eigenvalue weighted by Crippen LogP contribution is 2.42. The van der Waals surface area contributed by atoms with Gasteiger partial charge in [-0.05, 0) is 77.9 Å². The van der Waals surface area contributed by atoms with Crippen molar-refractivity contribution in [1.82, 2.24) is 9.55 Å². The van der Waals surface area contributed by atoms with E-state index in [0.717, 1.165) is 45.5 Å². The van der Waals surface area contributed by atoms with E-state index in [9.17, 15) is 0 Å². The maximum atomic E-state index is 6.15. The summed E-state index contributed by atoms with van der Waals surface area (Å²) in [5.74, 6) is 1.45. The molecule has 0 fully saturated rings. The lowest BCUT2D eigenvalue weighted by Gasteiger charge is -2.20. The normalized spacial score (nSPS) is 11.6. The summed E-state index contributed by atoms with van der Waals surface area (Å²) in [7, 11) is 0. The van der Waals surface area contributed by atoms with E-state index in [4.69, 9.17) is 9.40 Å². The van der Waals surface area contributed by atoms with Gasteiger partial charge in [-0.25, -0.2) is 4.98 Å². The molecule has 0 spiro atoms. The van der Waals surface area contributed by atoms with Crippen LogP contribution in [0.5, 0.6) is 0 Å². The second-order valence-electron chi connectivity index (χ2n) is 11.3. The topological polar surface area (TPSA) is 31.0 Å². The predicted molar refractivity (Wildman–Crippen MR) is 170 cm³/mol. The zero-order valence-corrected chi connectivity index (χ0v) is 23.6. The van der Waals surface area contributed by atoms with Crippen LogP contribution in [0.4, 0.5) is 0 Å². The van der Waals surface area contributed by atoms with Crippen molar-refractivity contribution in [3.63, 3.8) is 0 Å². The van der Waals surface area contributed by atoms with Gasteiger partial charge in [0.15, 0.2) is 0 Å². The first-order chi connectivity index (χ1) is 20.1. The lowest BCUT2D eigenvalue weighted by Crippen LogP contribution is -2.04. The van der Waals surface area contributed by atoms with E-state index in [1.807, 2.05) is 6.26 Å². The fourth-order valence-corrected chi connectivity index (χ4v) is 5.98. The molecule has 5 aromatic carbocycles. The summed E-state index contributed by atoms with van der Waals surface area (Å²) in [6.07, 6.45) is 2.89. The first kappa shape index (κ1) is 25.1. The van der Waals surface area contributed by atoms with Crippen LogP contribution in [-0.2, 0) is 6.42 Å². The van der Waals surface area contributed by atoms with Crippen LogP contribution in [0.15, 0.2) is 126 Å². The van der Waals surface area contributed by atoms with Crippen molar-refractivity contribution in [2.45, 2.75) is 27.2 Å². The summed E-state index contributed by atoms with van der Waals surface area (Å²) < 4.78 is 8.49. The molecule has 7 rings (SSSR count). The van der Waals surface area contributed by atoms with Gasteiger partial charge in [0, 0.05) is 16.5 Å². The Hall–Kier alpha value is -4.89. The molecular weight excluding hydrogens is 500 g/mol. The van der Waals surface area contributed by atoms with Gasteiger partial charge in [-0.1, -0.05) is 92.7 Å². The van der Waals surface area contributed by atoms with Gasteiger partial charge >= 0.3 is 0 Å². The van der Waals surface area contributed by atoms with Crippen molar-refractivity contribution in [1.29, 1.82) is 0 Å². The molecule has 0 unspecified atom stereocenters. The summed E-state index contributed by atoms with van der Waals surface area (Å²) in [4.78, 5) is 5.27. The molecule has 41 heavy (non-hydrogen) atoms. The summed E-state index contributed by atoms with van der Waals surface area (Å²) in [6, 6.07) is 40.9. The van der Waals surface area contributed by atoms with Gasteiger partial charge < -0.3 is 4.42 Å². The van der Waals surface area contributed by atoms with E-state index in [-0.39, 0.29) is 0 Å². The van der Waals surface area contributed by atoms with Crippen molar-refractivity contribution in [3.05, 3.63) is 133 Å². The predicted octanol–water partition coefficient (Wildman–Crippen LogP) is 10.3. The van der Waals surface area contributed by atoms with Crippen molar-refractivity contribution < 1.29 is 4.42 Å². The van der Waals surface area contributed by atoms with Crippen molar-refractivity contribution in [3.8, 4) is 39.3 Å². The number of nitrogens with zero attached hydrogens (tertiary/aromatic N) is 2. The minimum Gasteiger partial charge on any atom is -0.464 e. The van der Waals surface area contributed by atoms with Crippen LogP contribution in [-0.4, -0.2) is 9.55 Å². The monoisotopic (exact) mass is 532 g/mol. The Morgan fingerprint density at radius 3 is 2.00 bits per heavy atom. The molecule has 0 atom stereocenters. The molecule has 0 N–H and O–H groups in total. The number of benzene rings is 5. The largest absolute Gasteiger partial charge is 0.464 e. The summed E-state index contributed by atoms with van der Waals surface area (Å²) >= 11 is 0. The lowest BCUT2D eigenvalue weighted by atomic mass is 9.93. The number of rotatable bonds is 6. The number of fused-ring (bicyclic) bond motifs is 2. The van der Waals surface area contributed by atoms with Crippen LogP contribution >= 0.6 is 0 Å². The molecule has 0 saturated carbocycles. The highest BCUT2D eigenvalue weighted by atomic mass is 16.3. The van der Waals surface area contributed by atoms with Crippen molar-refractivity contribution in [2.24, 2.45) is 5.92 Å². The van der Waals surface area contributed by atoms with Gasteiger partial charge in [-0.2, -0.15) is 0 Å². The Morgan fingerprint density at radius 1 is 0.707 bits per heavy atom. The molecule has 0 aliphatic carbocycles. The molecule has 2 heterocycles. The minimum atomic E-state index is 0.571.